The molecule has 0 radical (unpaired) electrons. The number of anilines is 2. The van der Waals surface area contributed by atoms with Crippen LogP contribution >= 0.6 is 0 Å². The molecular weight excluding hydrogens is 475 g/mol. The lowest BCUT2D eigenvalue weighted by atomic mass is 9.80. The molecule has 3 aromatic rings. The van der Waals surface area contributed by atoms with E-state index in [1.165, 1.54) is 30.8 Å². The summed E-state index contributed by atoms with van der Waals surface area (Å²) in [5.74, 6) is -0.0991. The molecule has 0 aliphatic carbocycles. The molecule has 4 rings (SSSR count). The Balaban J connectivity index is 1.32. The summed E-state index contributed by atoms with van der Waals surface area (Å²) in [6, 6.07) is 12.1. The van der Waals surface area contributed by atoms with E-state index in [0.29, 0.717) is 31.6 Å². The highest BCUT2D eigenvalue weighted by molar-refractivity contribution is 5.93. The van der Waals surface area contributed by atoms with Gasteiger partial charge in [0.1, 0.15) is 0 Å². The van der Waals surface area contributed by atoms with Crippen LogP contribution in [0.4, 0.5) is 24.5 Å². The second-order valence-corrected chi connectivity index (χ2v) is 8.77. The van der Waals surface area contributed by atoms with E-state index in [1.807, 2.05) is 0 Å². The number of oxazole rings is 1. The molecule has 0 saturated carbocycles. The van der Waals surface area contributed by atoms with Gasteiger partial charge in [-0.15, -0.1) is 0 Å². The Kier molecular flexibility index (Phi) is 7.73. The average molecular weight is 502 g/mol. The van der Waals surface area contributed by atoms with Crippen molar-refractivity contribution in [1.29, 1.82) is 0 Å². The number of benzene rings is 2. The number of ketones is 1. The van der Waals surface area contributed by atoms with Crippen LogP contribution in [0.5, 0.6) is 0 Å². The number of carbonyl (C=O) groups excluding carboxylic acids is 2. The van der Waals surface area contributed by atoms with E-state index in [-0.39, 0.29) is 42.7 Å². The zero-order valence-electron chi connectivity index (χ0n) is 19.4. The number of para-hydroxylation sites is 1. The van der Waals surface area contributed by atoms with Crippen molar-refractivity contribution < 1.29 is 31.9 Å². The van der Waals surface area contributed by atoms with E-state index in [4.69, 9.17) is 9.15 Å². The highest BCUT2D eigenvalue weighted by Gasteiger charge is 2.41. The Morgan fingerprint density at radius 2 is 1.86 bits per heavy atom. The summed E-state index contributed by atoms with van der Waals surface area (Å²) in [6.07, 6.45) is -0.0589. The normalized spacial score (nSPS) is 17.6. The molecule has 1 aliphatic heterocycles. The van der Waals surface area contributed by atoms with Crippen molar-refractivity contribution in [2.24, 2.45) is 5.41 Å². The van der Waals surface area contributed by atoms with E-state index < -0.39 is 17.2 Å². The average Bonchev–Trinajstić information content (AvgIpc) is 3.56. The quantitative estimate of drug-likeness (QED) is 0.356. The number of hydrogen-bond donors (Lipinski definition) is 2. The Bertz CT molecular complexity index is 1170. The number of halogens is 3. The van der Waals surface area contributed by atoms with Gasteiger partial charge < -0.3 is 19.8 Å². The number of nitrogens with one attached hydrogen (secondary N) is 2. The zero-order chi connectivity index (χ0) is 25.6. The number of aromatic nitrogens is 1. The van der Waals surface area contributed by atoms with Crippen LogP contribution in [0.15, 0.2) is 65.5 Å². The van der Waals surface area contributed by atoms with Crippen LogP contribution in [-0.4, -0.2) is 29.9 Å². The summed E-state index contributed by atoms with van der Waals surface area (Å²) in [5, 5.41) is 5.75. The third kappa shape index (κ3) is 6.12. The Labute approximate surface area is 206 Å². The molecule has 1 aliphatic rings. The van der Waals surface area contributed by atoms with Gasteiger partial charge in [-0.1, -0.05) is 24.3 Å². The number of hydrogen-bond acceptors (Lipinski definition) is 6. The molecule has 190 valence electrons. The predicted octanol–water partition coefficient (Wildman–Crippen LogP) is 5.51. The largest absolute Gasteiger partial charge is 0.440 e. The van der Waals surface area contributed by atoms with Crippen molar-refractivity contribution in [3.63, 3.8) is 0 Å². The molecule has 36 heavy (non-hydrogen) atoms. The SMILES string of the molecule is O=C(CCCC1(C(=O)NCc2ccc(Nc3ccccc3C(F)(F)F)cc2)CCOC1)c1cnco1. The maximum absolute atomic E-state index is 13.2. The van der Waals surface area contributed by atoms with Gasteiger partial charge in [-0.05, 0) is 49.1 Å². The fraction of sp³-hybridized carbons (Fsp3) is 0.346. The monoisotopic (exact) mass is 501 g/mol. The van der Waals surface area contributed by atoms with Gasteiger partial charge in [0.05, 0.1) is 29.5 Å². The zero-order valence-corrected chi connectivity index (χ0v) is 19.4. The molecule has 0 spiro atoms. The molecule has 2 aromatic carbocycles. The van der Waals surface area contributed by atoms with Crippen molar-refractivity contribution in [2.45, 2.75) is 38.4 Å². The topological polar surface area (TPSA) is 93.5 Å². The van der Waals surface area contributed by atoms with Crippen molar-refractivity contribution in [1.82, 2.24) is 10.3 Å². The maximum Gasteiger partial charge on any atom is 0.418 e. The number of Topliss-reactive ketones (excluding diaryl/α,β-unsaturated/α-hetero) is 1. The summed E-state index contributed by atoms with van der Waals surface area (Å²) in [6.45, 7) is 1.02. The molecule has 0 bridgehead atoms. The van der Waals surface area contributed by atoms with Gasteiger partial charge in [0.15, 0.2) is 17.9 Å². The van der Waals surface area contributed by atoms with E-state index in [2.05, 4.69) is 15.6 Å². The third-order valence-corrected chi connectivity index (χ3v) is 6.27. The Morgan fingerprint density at radius 3 is 2.53 bits per heavy atom. The summed E-state index contributed by atoms with van der Waals surface area (Å²) >= 11 is 0. The minimum Gasteiger partial charge on any atom is -0.440 e. The molecule has 2 heterocycles. The van der Waals surface area contributed by atoms with Gasteiger partial charge in [-0.25, -0.2) is 4.98 Å². The van der Waals surface area contributed by atoms with Crippen molar-refractivity contribution in [3.8, 4) is 0 Å². The molecule has 7 nitrogen and oxygen atoms in total. The van der Waals surface area contributed by atoms with Gasteiger partial charge in [0, 0.05) is 25.3 Å². The summed E-state index contributed by atoms with van der Waals surface area (Å²) in [5.41, 5.74) is -0.180. The summed E-state index contributed by atoms with van der Waals surface area (Å²) < 4.78 is 50.2. The van der Waals surface area contributed by atoms with Crippen molar-refractivity contribution >= 4 is 23.1 Å². The molecule has 2 N–H and O–H groups in total. The number of ether oxygens (including phenoxy) is 1. The lowest BCUT2D eigenvalue weighted by molar-refractivity contribution is -0.137. The first-order valence-electron chi connectivity index (χ1n) is 11.6. The standard InChI is InChI=1S/C26H26F3N3O4/c27-26(28,29)20-4-1-2-5-21(20)32-19-9-7-18(8-10-19)14-31-24(34)25(12-13-35-16-25)11-3-6-22(33)23-15-30-17-36-23/h1-2,4-5,7-10,15,17,32H,3,6,11-14,16H2,(H,31,34). The predicted molar refractivity (Wildman–Crippen MR) is 126 cm³/mol. The van der Waals surface area contributed by atoms with Crippen molar-refractivity contribution in [3.05, 3.63) is 78.0 Å². The first kappa shape index (κ1) is 25.4. The van der Waals surface area contributed by atoms with Crippen LogP contribution < -0.4 is 10.6 Å². The Hall–Kier alpha value is -3.66. The van der Waals surface area contributed by atoms with Crippen LogP contribution in [0, 0.1) is 5.41 Å². The second-order valence-electron chi connectivity index (χ2n) is 8.77. The fourth-order valence-corrected chi connectivity index (χ4v) is 4.23. The summed E-state index contributed by atoms with van der Waals surface area (Å²) in [4.78, 5) is 29.0. The molecule has 1 aromatic heterocycles. The number of nitrogens with zero attached hydrogens (tertiary/aromatic N) is 1. The highest BCUT2D eigenvalue weighted by atomic mass is 19.4. The first-order chi connectivity index (χ1) is 17.3. The summed E-state index contributed by atoms with van der Waals surface area (Å²) in [7, 11) is 0. The molecule has 1 unspecified atom stereocenters. The van der Waals surface area contributed by atoms with Crippen LogP contribution in [0.2, 0.25) is 0 Å². The van der Waals surface area contributed by atoms with Gasteiger partial charge in [-0.3, -0.25) is 9.59 Å². The lowest BCUT2D eigenvalue weighted by Crippen LogP contribution is -2.41. The van der Waals surface area contributed by atoms with E-state index in [0.717, 1.165) is 11.6 Å². The molecule has 1 saturated heterocycles. The smallest absolute Gasteiger partial charge is 0.418 e. The maximum atomic E-state index is 13.2. The van der Waals surface area contributed by atoms with Crippen LogP contribution in [-0.2, 0) is 22.3 Å². The molecule has 1 atom stereocenters. The van der Waals surface area contributed by atoms with Crippen molar-refractivity contribution in [2.75, 3.05) is 18.5 Å². The minimum atomic E-state index is -4.46. The van der Waals surface area contributed by atoms with Crippen LogP contribution in [0.25, 0.3) is 0 Å². The van der Waals surface area contributed by atoms with Crippen LogP contribution in [0.1, 0.15) is 47.4 Å². The van der Waals surface area contributed by atoms with E-state index in [9.17, 15) is 22.8 Å². The molecule has 1 fully saturated rings. The molecular formula is C26H26F3N3O4. The first-order valence-corrected chi connectivity index (χ1v) is 11.6. The van der Waals surface area contributed by atoms with Crippen LogP contribution in [0.3, 0.4) is 0 Å². The lowest BCUT2D eigenvalue weighted by Gasteiger charge is -2.26. The van der Waals surface area contributed by atoms with E-state index >= 15 is 0 Å². The number of amides is 1. The van der Waals surface area contributed by atoms with Gasteiger partial charge in [-0.2, -0.15) is 13.2 Å². The Morgan fingerprint density at radius 1 is 1.08 bits per heavy atom. The molecule has 10 heteroatoms. The third-order valence-electron chi connectivity index (χ3n) is 6.27. The number of carbonyl (C=O) groups is 2. The minimum absolute atomic E-state index is 0.0315. The second kappa shape index (κ2) is 10.9. The van der Waals surface area contributed by atoms with Gasteiger partial charge in [0.2, 0.25) is 5.91 Å². The van der Waals surface area contributed by atoms with E-state index in [1.54, 1.807) is 24.3 Å². The fourth-order valence-electron chi connectivity index (χ4n) is 4.23. The van der Waals surface area contributed by atoms with Gasteiger partial charge >= 0.3 is 6.18 Å². The molecule has 1 amide bonds. The number of alkyl halides is 3. The number of rotatable bonds is 10. The van der Waals surface area contributed by atoms with Gasteiger partial charge in [0.25, 0.3) is 0 Å². The highest BCUT2D eigenvalue weighted by Crippen LogP contribution is 2.36.